The average Bonchev–Trinajstić information content (AvgIpc) is 3.19. The number of nitrogens with one attached hydrogen (secondary N) is 2. The summed E-state index contributed by atoms with van der Waals surface area (Å²) in [5, 5.41) is 5.91. The fraction of sp³-hybridized carbons (Fsp3) is 0.240. The molecule has 168 valence electrons. The summed E-state index contributed by atoms with van der Waals surface area (Å²) in [7, 11) is 1.97. The minimum absolute atomic E-state index is 0.0864. The second kappa shape index (κ2) is 10.5. The number of hydrogen-bond donors (Lipinski definition) is 2. The first-order valence-corrected chi connectivity index (χ1v) is 10.9. The lowest BCUT2D eigenvalue weighted by molar-refractivity contribution is -0.122. The van der Waals surface area contributed by atoms with Crippen LogP contribution in [0, 0.1) is 0 Å². The van der Waals surface area contributed by atoms with Crippen molar-refractivity contribution in [2.45, 2.75) is 25.3 Å². The fourth-order valence-electron chi connectivity index (χ4n) is 3.76. The highest BCUT2D eigenvalue weighted by Gasteiger charge is 2.21. The Morgan fingerprint density at radius 3 is 2.58 bits per heavy atom. The van der Waals surface area contributed by atoms with Gasteiger partial charge in [-0.1, -0.05) is 42.5 Å². The van der Waals surface area contributed by atoms with E-state index < -0.39 is 0 Å². The Labute approximate surface area is 192 Å². The fourth-order valence-corrected chi connectivity index (χ4v) is 3.76. The van der Waals surface area contributed by atoms with Crippen LogP contribution in [-0.2, 0) is 18.3 Å². The van der Waals surface area contributed by atoms with Crippen molar-refractivity contribution in [2.75, 3.05) is 6.54 Å². The van der Waals surface area contributed by atoms with Gasteiger partial charge >= 0.3 is 0 Å². The van der Waals surface area contributed by atoms with Gasteiger partial charge in [0.05, 0.1) is 23.3 Å². The zero-order valence-electron chi connectivity index (χ0n) is 18.4. The number of rotatable bonds is 9. The average molecular weight is 443 g/mol. The normalized spacial score (nSPS) is 11.8. The molecule has 0 radical (unpaired) electrons. The van der Waals surface area contributed by atoms with E-state index in [0.717, 1.165) is 22.4 Å². The van der Waals surface area contributed by atoms with Crippen LogP contribution >= 0.6 is 0 Å². The summed E-state index contributed by atoms with van der Waals surface area (Å²) >= 11 is 0. The topological polar surface area (TPSA) is 102 Å². The molecule has 2 heterocycles. The van der Waals surface area contributed by atoms with Gasteiger partial charge in [-0.15, -0.1) is 0 Å². The van der Waals surface area contributed by atoms with Crippen LogP contribution in [0.3, 0.4) is 0 Å². The third kappa shape index (κ3) is 5.60. The molecule has 1 atom stereocenters. The van der Waals surface area contributed by atoms with Crippen molar-refractivity contribution in [2.24, 2.45) is 7.05 Å². The molecule has 2 amide bonds. The maximum absolute atomic E-state index is 12.8. The highest BCUT2D eigenvalue weighted by atomic mass is 16.2. The van der Waals surface area contributed by atoms with E-state index in [4.69, 9.17) is 4.98 Å². The minimum atomic E-state index is -0.301. The Kier molecular flexibility index (Phi) is 7.04. The van der Waals surface area contributed by atoms with Crippen LogP contribution in [0.15, 0.2) is 73.2 Å². The second-order valence-electron chi connectivity index (χ2n) is 7.78. The number of nitrogens with zero attached hydrogens (tertiary/aromatic N) is 4. The summed E-state index contributed by atoms with van der Waals surface area (Å²) in [6.07, 6.45) is 5.82. The van der Waals surface area contributed by atoms with E-state index in [1.54, 1.807) is 0 Å². The molecule has 0 fully saturated rings. The molecule has 8 heteroatoms. The molecule has 4 aromatic rings. The van der Waals surface area contributed by atoms with Crippen molar-refractivity contribution in [3.63, 3.8) is 0 Å². The van der Waals surface area contributed by atoms with E-state index in [9.17, 15) is 9.59 Å². The van der Waals surface area contributed by atoms with Gasteiger partial charge in [0, 0.05) is 32.4 Å². The third-order valence-electron chi connectivity index (χ3n) is 5.41. The third-order valence-corrected chi connectivity index (χ3v) is 5.41. The molecule has 0 saturated carbocycles. The zero-order chi connectivity index (χ0) is 23.0. The highest BCUT2D eigenvalue weighted by Crippen LogP contribution is 2.22. The van der Waals surface area contributed by atoms with E-state index in [1.165, 1.54) is 18.6 Å². The maximum atomic E-state index is 12.8. The van der Waals surface area contributed by atoms with Gasteiger partial charge in [-0.25, -0.2) is 9.97 Å². The van der Waals surface area contributed by atoms with Crippen LogP contribution in [0.5, 0.6) is 0 Å². The summed E-state index contributed by atoms with van der Waals surface area (Å²) in [5.41, 5.74) is 3.29. The van der Waals surface area contributed by atoms with Crippen LogP contribution < -0.4 is 10.6 Å². The molecule has 0 aliphatic rings. The Bertz CT molecular complexity index is 1220. The van der Waals surface area contributed by atoms with Crippen molar-refractivity contribution in [3.8, 4) is 0 Å². The number of carbonyl (C=O) groups is 2. The van der Waals surface area contributed by atoms with E-state index in [-0.39, 0.29) is 30.0 Å². The number of carbonyl (C=O) groups excluding carboxylic acids is 2. The smallest absolute Gasteiger partial charge is 0.271 e. The van der Waals surface area contributed by atoms with Crippen molar-refractivity contribution >= 4 is 22.8 Å². The van der Waals surface area contributed by atoms with Gasteiger partial charge in [-0.3, -0.25) is 14.6 Å². The van der Waals surface area contributed by atoms with Gasteiger partial charge in [0.15, 0.2) is 0 Å². The van der Waals surface area contributed by atoms with Gasteiger partial charge in [0.2, 0.25) is 5.91 Å². The Morgan fingerprint density at radius 2 is 1.82 bits per heavy atom. The number of aromatic nitrogens is 4. The van der Waals surface area contributed by atoms with E-state index in [0.29, 0.717) is 19.4 Å². The Morgan fingerprint density at radius 1 is 1.03 bits per heavy atom. The lowest BCUT2D eigenvalue weighted by Gasteiger charge is -2.19. The molecule has 0 saturated heterocycles. The van der Waals surface area contributed by atoms with Crippen molar-refractivity contribution < 1.29 is 9.59 Å². The van der Waals surface area contributed by atoms with Gasteiger partial charge in [0.1, 0.15) is 11.5 Å². The van der Waals surface area contributed by atoms with Gasteiger partial charge in [-0.2, -0.15) is 0 Å². The molecule has 2 aromatic heterocycles. The number of aryl methyl sites for hydroxylation is 1. The molecule has 0 aliphatic carbocycles. The highest BCUT2D eigenvalue weighted by molar-refractivity contribution is 5.91. The number of benzene rings is 2. The van der Waals surface area contributed by atoms with Gasteiger partial charge in [0.25, 0.3) is 5.91 Å². The van der Waals surface area contributed by atoms with E-state index >= 15 is 0 Å². The van der Waals surface area contributed by atoms with Crippen molar-refractivity contribution in [1.29, 1.82) is 0 Å². The first-order chi connectivity index (χ1) is 16.1. The number of hydrogen-bond acceptors (Lipinski definition) is 5. The van der Waals surface area contributed by atoms with Crippen LogP contribution in [-0.4, -0.2) is 37.9 Å². The zero-order valence-corrected chi connectivity index (χ0v) is 18.4. The van der Waals surface area contributed by atoms with Crippen LogP contribution in [0.1, 0.15) is 40.8 Å². The number of para-hydroxylation sites is 2. The molecule has 0 aliphatic heterocycles. The Hall–Kier alpha value is -4.07. The summed E-state index contributed by atoms with van der Waals surface area (Å²) in [6.45, 7) is 0.373. The molecule has 1 unspecified atom stereocenters. The predicted molar refractivity (Wildman–Crippen MR) is 125 cm³/mol. The number of fused-ring (bicyclic) bond motifs is 1. The summed E-state index contributed by atoms with van der Waals surface area (Å²) < 4.78 is 2.03. The molecule has 8 nitrogen and oxygen atoms in total. The number of amides is 2. The molecule has 4 rings (SSSR count). The first kappa shape index (κ1) is 22.1. The summed E-state index contributed by atoms with van der Waals surface area (Å²) in [4.78, 5) is 37.5. The molecular formula is C25H26N6O2. The summed E-state index contributed by atoms with van der Waals surface area (Å²) in [5.74, 6) is 0.422. The minimum Gasteiger partial charge on any atom is -0.351 e. The SMILES string of the molecule is Cn1c(C(Cc2ccccc2)NC(=O)CCCNC(=O)c2cnccn2)nc2ccccc21. The molecule has 0 spiro atoms. The standard InChI is InChI=1S/C25H26N6O2/c1-31-22-11-6-5-10-19(22)30-24(31)20(16-18-8-3-2-4-9-18)29-23(32)12-7-13-28-25(33)21-17-26-14-15-27-21/h2-6,8-11,14-15,17,20H,7,12-13,16H2,1H3,(H,28,33)(H,29,32). The van der Waals surface area contributed by atoms with Crippen molar-refractivity contribution in [3.05, 3.63) is 90.3 Å². The van der Waals surface area contributed by atoms with E-state index in [1.807, 2.05) is 66.2 Å². The monoisotopic (exact) mass is 442 g/mol. The van der Waals surface area contributed by atoms with E-state index in [2.05, 4.69) is 20.6 Å². The lowest BCUT2D eigenvalue weighted by atomic mass is 10.0. The van der Waals surface area contributed by atoms with Gasteiger partial charge in [-0.05, 0) is 30.5 Å². The van der Waals surface area contributed by atoms with Gasteiger partial charge < -0.3 is 15.2 Å². The van der Waals surface area contributed by atoms with Crippen LogP contribution in [0.25, 0.3) is 11.0 Å². The molecule has 2 N–H and O–H groups in total. The summed E-state index contributed by atoms with van der Waals surface area (Å²) in [6, 6.07) is 17.7. The first-order valence-electron chi connectivity index (χ1n) is 10.9. The van der Waals surface area contributed by atoms with Crippen molar-refractivity contribution in [1.82, 2.24) is 30.2 Å². The Balaban J connectivity index is 1.40. The molecule has 2 aromatic carbocycles. The molecule has 0 bridgehead atoms. The molecule has 33 heavy (non-hydrogen) atoms. The predicted octanol–water partition coefficient (Wildman–Crippen LogP) is 2.97. The number of imidazole rings is 1. The molecular weight excluding hydrogens is 416 g/mol. The lowest BCUT2D eigenvalue weighted by Crippen LogP contribution is -2.32. The van der Waals surface area contributed by atoms with Crippen LogP contribution in [0.2, 0.25) is 0 Å². The maximum Gasteiger partial charge on any atom is 0.271 e. The second-order valence-corrected chi connectivity index (χ2v) is 7.78. The quantitative estimate of drug-likeness (QED) is 0.388. The van der Waals surface area contributed by atoms with Crippen LogP contribution in [0.4, 0.5) is 0 Å². The largest absolute Gasteiger partial charge is 0.351 e.